The summed E-state index contributed by atoms with van der Waals surface area (Å²) in [6.07, 6.45) is 1.28. The zero-order valence-electron chi connectivity index (χ0n) is 17.0. The quantitative estimate of drug-likeness (QED) is 0.708. The van der Waals surface area contributed by atoms with Crippen molar-refractivity contribution < 1.29 is 24.5 Å². The molecule has 2 aliphatic rings. The molecule has 0 unspecified atom stereocenters. The summed E-state index contributed by atoms with van der Waals surface area (Å²) in [4.78, 5) is 23.8. The summed E-state index contributed by atoms with van der Waals surface area (Å²) in [7, 11) is 1.62. The third-order valence-corrected chi connectivity index (χ3v) is 5.32. The van der Waals surface area contributed by atoms with E-state index >= 15 is 0 Å². The van der Waals surface area contributed by atoms with Crippen molar-refractivity contribution >= 4 is 11.8 Å². The SMILES string of the molecule is COc1ccccc1[C@H]1CC(=O)C2=C(C1)NC(C)=C(C(=O)O)C2.Oc1ccccc1. The Balaban J connectivity index is 0.000000310. The van der Waals surface area contributed by atoms with Crippen LogP contribution in [0.25, 0.3) is 0 Å². The van der Waals surface area contributed by atoms with Crippen LogP contribution in [0, 0.1) is 0 Å². The van der Waals surface area contributed by atoms with Gasteiger partial charge in [-0.15, -0.1) is 0 Å². The van der Waals surface area contributed by atoms with E-state index in [0.29, 0.717) is 29.9 Å². The van der Waals surface area contributed by atoms with Gasteiger partial charge in [0.05, 0.1) is 12.7 Å². The van der Waals surface area contributed by atoms with E-state index in [4.69, 9.17) is 9.84 Å². The van der Waals surface area contributed by atoms with Crippen molar-refractivity contribution in [3.8, 4) is 11.5 Å². The number of carbonyl (C=O) groups excluding carboxylic acids is 1. The molecular weight excluding hydrogens is 382 g/mol. The second-order valence-electron chi connectivity index (χ2n) is 7.27. The molecule has 0 spiro atoms. The predicted molar refractivity (Wildman–Crippen MR) is 113 cm³/mol. The van der Waals surface area contributed by atoms with Gasteiger partial charge in [-0.2, -0.15) is 0 Å². The van der Waals surface area contributed by atoms with Gasteiger partial charge in [0, 0.05) is 35.7 Å². The van der Waals surface area contributed by atoms with Gasteiger partial charge < -0.3 is 20.3 Å². The molecule has 30 heavy (non-hydrogen) atoms. The van der Waals surface area contributed by atoms with Crippen LogP contribution in [0.3, 0.4) is 0 Å². The molecule has 2 aromatic carbocycles. The number of aliphatic carboxylic acids is 1. The number of hydrogen-bond donors (Lipinski definition) is 3. The lowest BCUT2D eigenvalue weighted by Crippen LogP contribution is -2.31. The predicted octanol–water partition coefficient (Wildman–Crippen LogP) is 4.14. The van der Waals surface area contributed by atoms with Crippen molar-refractivity contribution in [1.29, 1.82) is 0 Å². The van der Waals surface area contributed by atoms with Crippen LogP contribution in [0.5, 0.6) is 11.5 Å². The van der Waals surface area contributed by atoms with Crippen LogP contribution in [0.1, 0.15) is 37.7 Å². The maximum Gasteiger partial charge on any atom is 0.333 e. The van der Waals surface area contributed by atoms with Gasteiger partial charge in [-0.3, -0.25) is 4.79 Å². The van der Waals surface area contributed by atoms with Crippen molar-refractivity contribution in [2.24, 2.45) is 0 Å². The molecule has 1 aliphatic heterocycles. The maximum atomic E-state index is 12.5. The zero-order valence-corrected chi connectivity index (χ0v) is 17.0. The van der Waals surface area contributed by atoms with Crippen molar-refractivity contribution in [3.05, 3.63) is 82.7 Å². The fourth-order valence-electron chi connectivity index (χ4n) is 3.79. The molecule has 0 aromatic heterocycles. The molecule has 156 valence electrons. The number of para-hydroxylation sites is 2. The first-order valence-electron chi connectivity index (χ1n) is 9.73. The highest BCUT2D eigenvalue weighted by Gasteiger charge is 2.34. The van der Waals surface area contributed by atoms with Crippen LogP contribution in [-0.4, -0.2) is 29.1 Å². The number of phenols is 1. The molecule has 3 N–H and O–H groups in total. The highest BCUT2D eigenvalue weighted by atomic mass is 16.5. The van der Waals surface area contributed by atoms with Crippen LogP contribution >= 0.6 is 0 Å². The van der Waals surface area contributed by atoms with Gasteiger partial charge >= 0.3 is 5.97 Å². The molecule has 0 fully saturated rings. The third-order valence-electron chi connectivity index (χ3n) is 5.32. The third kappa shape index (κ3) is 4.71. The van der Waals surface area contributed by atoms with Gasteiger partial charge in [-0.1, -0.05) is 36.4 Å². The van der Waals surface area contributed by atoms with Gasteiger partial charge in [-0.05, 0) is 37.1 Å². The number of dihydropyridines is 1. The molecule has 0 saturated heterocycles. The summed E-state index contributed by atoms with van der Waals surface area (Å²) < 4.78 is 5.40. The molecular formula is C24H25NO5. The number of ketones is 1. The second kappa shape index (κ2) is 9.31. The lowest BCUT2D eigenvalue weighted by Gasteiger charge is -2.31. The Kier molecular flexibility index (Phi) is 6.57. The Morgan fingerprint density at radius 2 is 1.73 bits per heavy atom. The van der Waals surface area contributed by atoms with Gasteiger partial charge in [0.1, 0.15) is 11.5 Å². The Labute approximate surface area is 175 Å². The van der Waals surface area contributed by atoms with E-state index in [2.05, 4.69) is 5.32 Å². The Hall–Kier alpha value is -3.54. The summed E-state index contributed by atoms with van der Waals surface area (Å²) >= 11 is 0. The number of carbonyl (C=O) groups is 2. The number of nitrogens with one attached hydrogen (secondary N) is 1. The molecule has 0 bridgehead atoms. The van der Waals surface area contributed by atoms with E-state index in [0.717, 1.165) is 17.0 Å². The number of hydrogen-bond acceptors (Lipinski definition) is 5. The van der Waals surface area contributed by atoms with Crippen molar-refractivity contribution in [2.75, 3.05) is 7.11 Å². The van der Waals surface area contributed by atoms with Gasteiger partial charge in [0.2, 0.25) is 0 Å². The minimum absolute atomic E-state index is 0.0147. The number of methoxy groups -OCH3 is 1. The lowest BCUT2D eigenvalue weighted by molar-refractivity contribution is -0.132. The van der Waals surface area contributed by atoms with Crippen LogP contribution in [0.2, 0.25) is 0 Å². The molecule has 0 saturated carbocycles. The number of carboxylic acid groups (broad SMARTS) is 1. The fourth-order valence-corrected chi connectivity index (χ4v) is 3.79. The van der Waals surface area contributed by atoms with E-state index in [1.165, 1.54) is 0 Å². The van der Waals surface area contributed by atoms with Crippen LogP contribution in [0.15, 0.2) is 77.1 Å². The van der Waals surface area contributed by atoms with E-state index in [1.54, 1.807) is 38.3 Å². The molecule has 1 atom stereocenters. The standard InChI is InChI=1S/C18H19NO4.C6H6O/c1-10-13(18(21)22)9-14-15(19-10)7-11(8-16(14)20)12-5-3-4-6-17(12)23-2;7-6-4-2-1-3-5-6/h3-6,11,19H,7-9H2,1-2H3,(H,21,22);1-5,7H/t11-;/m1./s1. The zero-order chi connectivity index (χ0) is 21.7. The molecule has 4 rings (SSSR count). The van der Waals surface area contributed by atoms with Crippen LogP contribution in [0.4, 0.5) is 0 Å². The van der Waals surface area contributed by atoms with E-state index in [9.17, 15) is 14.7 Å². The second-order valence-corrected chi connectivity index (χ2v) is 7.27. The van der Waals surface area contributed by atoms with E-state index < -0.39 is 5.97 Å². The first-order chi connectivity index (χ1) is 14.4. The minimum Gasteiger partial charge on any atom is -0.508 e. The van der Waals surface area contributed by atoms with Gasteiger partial charge in [-0.25, -0.2) is 4.79 Å². The monoisotopic (exact) mass is 407 g/mol. The average molecular weight is 407 g/mol. The largest absolute Gasteiger partial charge is 0.508 e. The average Bonchev–Trinajstić information content (AvgIpc) is 2.74. The first kappa shape index (κ1) is 21.2. The molecule has 1 heterocycles. The maximum absolute atomic E-state index is 12.5. The lowest BCUT2D eigenvalue weighted by atomic mass is 9.78. The summed E-state index contributed by atoms with van der Waals surface area (Å²) in [5, 5.41) is 21.0. The summed E-state index contributed by atoms with van der Waals surface area (Å²) in [6.45, 7) is 1.74. The summed E-state index contributed by atoms with van der Waals surface area (Å²) in [5.74, 6) is 0.192. The fraction of sp³-hybridized carbons (Fsp3) is 0.250. The summed E-state index contributed by atoms with van der Waals surface area (Å²) in [5.41, 5.74) is 3.36. The van der Waals surface area contributed by atoms with E-state index in [-0.39, 0.29) is 23.7 Å². The molecule has 2 aromatic rings. The minimum atomic E-state index is -0.971. The van der Waals surface area contributed by atoms with E-state index in [1.807, 2.05) is 30.3 Å². The van der Waals surface area contributed by atoms with Crippen molar-refractivity contribution in [2.45, 2.75) is 32.1 Å². The number of allylic oxidation sites excluding steroid dienone is 3. The smallest absolute Gasteiger partial charge is 0.333 e. The topological polar surface area (TPSA) is 95.9 Å². The molecule has 0 radical (unpaired) electrons. The summed E-state index contributed by atoms with van der Waals surface area (Å²) in [6, 6.07) is 16.4. The highest BCUT2D eigenvalue weighted by molar-refractivity contribution is 6.01. The normalized spacial score (nSPS) is 18.1. The highest BCUT2D eigenvalue weighted by Crippen LogP contribution is 2.40. The Morgan fingerprint density at radius 3 is 2.33 bits per heavy atom. The molecule has 6 heteroatoms. The number of aromatic hydroxyl groups is 1. The molecule has 1 aliphatic carbocycles. The van der Waals surface area contributed by atoms with Gasteiger partial charge in [0.25, 0.3) is 0 Å². The number of phenolic OH excluding ortho intramolecular Hbond substituents is 1. The van der Waals surface area contributed by atoms with Crippen LogP contribution < -0.4 is 10.1 Å². The number of carboxylic acids is 1. The van der Waals surface area contributed by atoms with Crippen molar-refractivity contribution in [3.63, 3.8) is 0 Å². The molecule has 6 nitrogen and oxygen atoms in total. The van der Waals surface area contributed by atoms with Crippen molar-refractivity contribution in [1.82, 2.24) is 5.32 Å². The Morgan fingerprint density at radius 1 is 1.07 bits per heavy atom. The number of ether oxygens (including phenoxy) is 1. The first-order valence-corrected chi connectivity index (χ1v) is 9.73. The Bertz CT molecular complexity index is 1010. The van der Waals surface area contributed by atoms with Crippen LogP contribution in [-0.2, 0) is 9.59 Å². The van der Waals surface area contributed by atoms with Gasteiger partial charge in [0.15, 0.2) is 5.78 Å². The molecule has 0 amide bonds. The number of rotatable bonds is 3. The number of Topliss-reactive ketones (excluding diaryl/α,β-unsaturated/α-hetero) is 1. The number of benzene rings is 2.